The zero-order valence-corrected chi connectivity index (χ0v) is 12.2. The molecule has 0 saturated heterocycles. The largest absolute Gasteiger partial charge is 0.481 e. The maximum absolute atomic E-state index is 12.3. The smallest absolute Gasteiger partial charge is 0.335 e. The van der Waals surface area contributed by atoms with Crippen molar-refractivity contribution in [1.29, 1.82) is 0 Å². The minimum atomic E-state index is -1.14. The van der Waals surface area contributed by atoms with Gasteiger partial charge >= 0.3 is 11.9 Å². The molecule has 0 spiro atoms. The molecule has 7 heteroatoms. The van der Waals surface area contributed by atoms with E-state index in [0.717, 1.165) is 0 Å². The third-order valence-electron chi connectivity index (χ3n) is 3.56. The van der Waals surface area contributed by atoms with Gasteiger partial charge in [0.25, 0.3) is 0 Å². The van der Waals surface area contributed by atoms with Crippen molar-refractivity contribution in [3.8, 4) is 0 Å². The van der Waals surface area contributed by atoms with E-state index >= 15 is 0 Å². The Morgan fingerprint density at radius 2 is 1.73 bits per heavy atom. The van der Waals surface area contributed by atoms with Crippen LogP contribution in [0.4, 0.5) is 5.69 Å². The number of allylic oxidation sites excluding steroid dienone is 2. The molecule has 1 amide bonds. The summed E-state index contributed by atoms with van der Waals surface area (Å²) in [6.45, 7) is 0. The highest BCUT2D eigenvalue weighted by molar-refractivity contribution is 6.33. The van der Waals surface area contributed by atoms with E-state index in [4.69, 9.17) is 16.7 Å². The molecule has 3 N–H and O–H groups in total. The van der Waals surface area contributed by atoms with Crippen LogP contribution in [0.25, 0.3) is 0 Å². The third-order valence-corrected chi connectivity index (χ3v) is 3.89. The second-order valence-electron chi connectivity index (χ2n) is 4.98. The quantitative estimate of drug-likeness (QED) is 0.739. The Kier molecular flexibility index (Phi) is 4.82. The first-order valence-corrected chi connectivity index (χ1v) is 6.99. The third kappa shape index (κ3) is 3.46. The molecule has 1 aliphatic rings. The van der Waals surface area contributed by atoms with Crippen LogP contribution in [0.15, 0.2) is 30.4 Å². The number of halogens is 1. The molecule has 116 valence electrons. The Morgan fingerprint density at radius 1 is 1.09 bits per heavy atom. The molecule has 0 saturated carbocycles. The molecule has 22 heavy (non-hydrogen) atoms. The lowest BCUT2D eigenvalue weighted by Crippen LogP contribution is -2.34. The van der Waals surface area contributed by atoms with Crippen LogP contribution < -0.4 is 5.32 Å². The van der Waals surface area contributed by atoms with E-state index in [2.05, 4.69) is 5.32 Å². The van der Waals surface area contributed by atoms with Crippen LogP contribution in [0.2, 0.25) is 5.02 Å². The molecule has 0 aliphatic heterocycles. The van der Waals surface area contributed by atoms with Crippen molar-refractivity contribution in [3.63, 3.8) is 0 Å². The lowest BCUT2D eigenvalue weighted by Gasteiger charge is -2.24. The molecule has 0 radical (unpaired) electrons. The summed E-state index contributed by atoms with van der Waals surface area (Å²) in [5.41, 5.74) is 0.142. The lowest BCUT2D eigenvalue weighted by molar-refractivity contribution is -0.146. The van der Waals surface area contributed by atoms with E-state index < -0.39 is 29.7 Å². The van der Waals surface area contributed by atoms with Crippen LogP contribution in [-0.2, 0) is 9.59 Å². The van der Waals surface area contributed by atoms with Crippen molar-refractivity contribution in [2.24, 2.45) is 11.8 Å². The number of benzene rings is 1. The van der Waals surface area contributed by atoms with Crippen molar-refractivity contribution in [3.05, 3.63) is 40.9 Å². The van der Waals surface area contributed by atoms with Crippen molar-refractivity contribution in [2.45, 2.75) is 12.8 Å². The standard InChI is InChI=1S/C15H14ClNO5/c16-11-6-5-8(14(19)20)7-12(11)17-13(18)9-3-1-2-4-10(9)15(21)22/h1-2,5-7,9-10H,3-4H2,(H,17,18)(H,19,20)(H,21,22)/t9-,10+/m0/s1. The second kappa shape index (κ2) is 6.62. The van der Waals surface area contributed by atoms with E-state index in [-0.39, 0.29) is 22.7 Å². The number of aromatic carboxylic acids is 1. The van der Waals surface area contributed by atoms with Crippen LogP contribution in [0.5, 0.6) is 0 Å². The van der Waals surface area contributed by atoms with Gasteiger partial charge in [-0.15, -0.1) is 0 Å². The van der Waals surface area contributed by atoms with E-state index in [1.54, 1.807) is 12.2 Å². The molecule has 0 unspecified atom stereocenters. The highest BCUT2D eigenvalue weighted by Gasteiger charge is 2.34. The second-order valence-corrected chi connectivity index (χ2v) is 5.39. The minimum Gasteiger partial charge on any atom is -0.481 e. The summed E-state index contributed by atoms with van der Waals surface area (Å²) < 4.78 is 0. The van der Waals surface area contributed by atoms with Crippen molar-refractivity contribution in [1.82, 2.24) is 0 Å². The summed E-state index contributed by atoms with van der Waals surface area (Å²) in [7, 11) is 0. The summed E-state index contributed by atoms with van der Waals surface area (Å²) in [5.74, 6) is -4.18. The fraction of sp³-hybridized carbons (Fsp3) is 0.267. The Morgan fingerprint density at radius 3 is 2.32 bits per heavy atom. The average Bonchev–Trinajstić information content (AvgIpc) is 2.49. The number of carbonyl (C=O) groups excluding carboxylic acids is 1. The molecular weight excluding hydrogens is 310 g/mol. The zero-order valence-electron chi connectivity index (χ0n) is 11.5. The molecular formula is C15H14ClNO5. The fourth-order valence-electron chi connectivity index (χ4n) is 2.36. The zero-order chi connectivity index (χ0) is 16.3. The van der Waals surface area contributed by atoms with Gasteiger partial charge in [0.05, 0.1) is 28.1 Å². The Hall–Kier alpha value is -2.34. The van der Waals surface area contributed by atoms with E-state index in [1.807, 2.05) is 0 Å². The maximum atomic E-state index is 12.3. The van der Waals surface area contributed by atoms with Crippen molar-refractivity contribution in [2.75, 3.05) is 5.32 Å². The average molecular weight is 324 g/mol. The van der Waals surface area contributed by atoms with E-state index in [9.17, 15) is 19.5 Å². The SMILES string of the molecule is O=C(O)c1ccc(Cl)c(NC(=O)[C@H]2CC=CC[C@H]2C(=O)O)c1. The number of hydrogen-bond donors (Lipinski definition) is 3. The Bertz CT molecular complexity index is 655. The molecule has 1 aromatic rings. The van der Waals surface area contributed by atoms with Crippen molar-refractivity contribution < 1.29 is 24.6 Å². The van der Waals surface area contributed by atoms with Gasteiger partial charge in [0, 0.05) is 0 Å². The van der Waals surface area contributed by atoms with Gasteiger partial charge in [0.15, 0.2) is 0 Å². The Balaban J connectivity index is 2.21. The number of amides is 1. The molecule has 2 atom stereocenters. The van der Waals surface area contributed by atoms with Gasteiger partial charge in [-0.25, -0.2) is 4.79 Å². The number of anilines is 1. The molecule has 1 aliphatic carbocycles. The molecule has 0 aromatic heterocycles. The van der Waals surface area contributed by atoms with Gasteiger partial charge in [-0.2, -0.15) is 0 Å². The number of carboxylic acids is 2. The maximum Gasteiger partial charge on any atom is 0.335 e. The predicted octanol–water partition coefficient (Wildman–Crippen LogP) is 2.64. The molecule has 1 aromatic carbocycles. The van der Waals surface area contributed by atoms with Gasteiger partial charge in [-0.3, -0.25) is 9.59 Å². The summed E-state index contributed by atoms with van der Waals surface area (Å²) in [6, 6.07) is 3.94. The molecule has 0 bridgehead atoms. The topological polar surface area (TPSA) is 104 Å². The summed E-state index contributed by atoms with van der Waals surface area (Å²) in [5, 5.41) is 20.9. The summed E-state index contributed by atoms with van der Waals surface area (Å²) >= 11 is 5.94. The van der Waals surface area contributed by atoms with Gasteiger partial charge in [0.1, 0.15) is 0 Å². The first-order chi connectivity index (χ1) is 10.4. The molecule has 0 fully saturated rings. The van der Waals surface area contributed by atoms with Crippen LogP contribution in [0.1, 0.15) is 23.2 Å². The summed E-state index contributed by atoms with van der Waals surface area (Å²) in [4.78, 5) is 34.5. The highest BCUT2D eigenvalue weighted by atomic mass is 35.5. The number of rotatable bonds is 4. The van der Waals surface area contributed by atoms with Crippen LogP contribution >= 0.6 is 11.6 Å². The lowest BCUT2D eigenvalue weighted by atomic mass is 9.82. The normalized spacial score (nSPS) is 20.4. The van der Waals surface area contributed by atoms with Crippen molar-refractivity contribution >= 4 is 35.1 Å². The van der Waals surface area contributed by atoms with Gasteiger partial charge < -0.3 is 15.5 Å². The van der Waals surface area contributed by atoms with Crippen LogP contribution in [-0.4, -0.2) is 28.1 Å². The number of carboxylic acid groups (broad SMARTS) is 2. The fourth-order valence-corrected chi connectivity index (χ4v) is 2.52. The molecule has 6 nitrogen and oxygen atoms in total. The van der Waals surface area contributed by atoms with Gasteiger partial charge in [-0.05, 0) is 31.0 Å². The van der Waals surface area contributed by atoms with Crippen LogP contribution in [0, 0.1) is 11.8 Å². The first-order valence-electron chi connectivity index (χ1n) is 6.61. The molecule has 2 rings (SSSR count). The Labute approximate surface area is 131 Å². The number of hydrogen-bond acceptors (Lipinski definition) is 3. The summed E-state index contributed by atoms with van der Waals surface area (Å²) in [6.07, 6.45) is 4.11. The number of aliphatic carboxylic acids is 1. The number of nitrogens with one attached hydrogen (secondary N) is 1. The highest BCUT2D eigenvalue weighted by Crippen LogP contribution is 2.29. The predicted molar refractivity (Wildman–Crippen MR) is 80.0 cm³/mol. The monoisotopic (exact) mass is 323 g/mol. The van der Waals surface area contributed by atoms with E-state index in [0.29, 0.717) is 6.42 Å². The van der Waals surface area contributed by atoms with Crippen LogP contribution in [0.3, 0.4) is 0 Å². The minimum absolute atomic E-state index is 0.0157. The molecule has 0 heterocycles. The van der Waals surface area contributed by atoms with Gasteiger partial charge in [-0.1, -0.05) is 23.8 Å². The van der Waals surface area contributed by atoms with E-state index in [1.165, 1.54) is 18.2 Å². The van der Waals surface area contributed by atoms with Gasteiger partial charge in [0.2, 0.25) is 5.91 Å². The first kappa shape index (κ1) is 16.0. The number of carbonyl (C=O) groups is 3.